The van der Waals surface area contributed by atoms with Crippen LogP contribution in [0.1, 0.15) is 22.6 Å². The summed E-state index contributed by atoms with van der Waals surface area (Å²) in [5.41, 5.74) is 0. The summed E-state index contributed by atoms with van der Waals surface area (Å²) in [4.78, 5) is 16.1. The lowest BCUT2D eigenvalue weighted by Crippen LogP contribution is -2.04. The lowest BCUT2D eigenvalue weighted by Gasteiger charge is -1.93. The minimum atomic E-state index is -0.609. The van der Waals surface area contributed by atoms with Gasteiger partial charge in [0.2, 0.25) is 0 Å². The van der Waals surface area contributed by atoms with E-state index in [2.05, 4.69) is 15.2 Å². The van der Waals surface area contributed by atoms with E-state index >= 15 is 0 Å². The largest absolute Gasteiger partial charge is 0.459 e. The minimum absolute atomic E-state index is 0.136. The number of aryl methyl sites for hydroxylation is 1. The summed E-state index contributed by atoms with van der Waals surface area (Å²) in [6, 6.07) is 0. The Hall–Kier alpha value is -1.76. The van der Waals surface area contributed by atoms with Gasteiger partial charge in [-0.05, 0) is 13.8 Å². The molecule has 0 saturated heterocycles. The molecule has 0 amide bonds. The van der Waals surface area contributed by atoms with Gasteiger partial charge in [0.25, 0.3) is 5.89 Å². The molecule has 6 nitrogen and oxygen atoms in total. The normalized spacial score (nSPS) is 10.4. The molecule has 84 valence electrons. The maximum atomic E-state index is 11.3. The van der Waals surface area contributed by atoms with Gasteiger partial charge in [-0.1, -0.05) is 0 Å². The molecule has 2 heterocycles. The molecule has 0 fully saturated rings. The van der Waals surface area contributed by atoms with Crippen molar-refractivity contribution in [2.75, 3.05) is 6.61 Å². The summed E-state index contributed by atoms with van der Waals surface area (Å²) in [7, 11) is 0. The van der Waals surface area contributed by atoms with Crippen molar-refractivity contribution in [2.45, 2.75) is 13.8 Å². The van der Waals surface area contributed by atoms with Gasteiger partial charge < -0.3 is 9.15 Å². The zero-order valence-corrected chi connectivity index (χ0v) is 9.58. The third-order valence-electron chi connectivity index (χ3n) is 1.71. The van der Waals surface area contributed by atoms with Crippen molar-refractivity contribution in [3.63, 3.8) is 0 Å². The number of esters is 1. The van der Waals surface area contributed by atoms with E-state index in [4.69, 9.17) is 9.15 Å². The molecule has 0 atom stereocenters. The fraction of sp³-hybridized carbons (Fsp3) is 0.333. The summed E-state index contributed by atoms with van der Waals surface area (Å²) < 4.78 is 9.91. The first-order chi connectivity index (χ1) is 7.70. The van der Waals surface area contributed by atoms with Gasteiger partial charge in [-0.15, -0.1) is 21.5 Å². The molecule has 2 aromatic heterocycles. The highest BCUT2D eigenvalue weighted by atomic mass is 32.1. The summed E-state index contributed by atoms with van der Waals surface area (Å²) in [6.45, 7) is 3.86. The van der Waals surface area contributed by atoms with E-state index < -0.39 is 5.97 Å². The van der Waals surface area contributed by atoms with Crippen LogP contribution >= 0.6 is 11.3 Å². The number of hydrogen-bond acceptors (Lipinski definition) is 7. The van der Waals surface area contributed by atoms with Crippen LogP contribution in [0.3, 0.4) is 0 Å². The first kappa shape index (κ1) is 10.7. The van der Waals surface area contributed by atoms with Crippen molar-refractivity contribution in [1.29, 1.82) is 0 Å². The first-order valence-corrected chi connectivity index (χ1v) is 5.45. The standard InChI is InChI=1S/C9H9N3O3S/c1-3-14-9(13)8-12-11-7(15-8)6-4-10-5(2)16-6/h4H,3H2,1-2H3. The van der Waals surface area contributed by atoms with Gasteiger partial charge in [-0.2, -0.15) is 0 Å². The van der Waals surface area contributed by atoms with Gasteiger partial charge in [-0.3, -0.25) is 0 Å². The lowest BCUT2D eigenvalue weighted by atomic mass is 10.5. The molecule has 2 aromatic rings. The van der Waals surface area contributed by atoms with Crippen molar-refractivity contribution in [2.24, 2.45) is 0 Å². The molecule has 2 rings (SSSR count). The summed E-state index contributed by atoms with van der Waals surface area (Å²) in [5, 5.41) is 8.26. The van der Waals surface area contributed by atoms with Crippen LogP contribution in [0.4, 0.5) is 0 Å². The molecule has 0 aromatic carbocycles. The molecule has 16 heavy (non-hydrogen) atoms. The average molecular weight is 239 g/mol. The molecule has 0 unspecified atom stereocenters. The van der Waals surface area contributed by atoms with E-state index in [9.17, 15) is 4.79 Å². The van der Waals surface area contributed by atoms with E-state index in [1.165, 1.54) is 11.3 Å². The average Bonchev–Trinajstić information content (AvgIpc) is 2.85. The minimum Gasteiger partial charge on any atom is -0.459 e. The summed E-state index contributed by atoms with van der Waals surface area (Å²) >= 11 is 1.42. The van der Waals surface area contributed by atoms with Crippen LogP contribution in [-0.2, 0) is 4.74 Å². The number of rotatable bonds is 3. The Bertz CT molecular complexity index is 506. The van der Waals surface area contributed by atoms with Crippen LogP contribution in [0.25, 0.3) is 10.8 Å². The number of carbonyl (C=O) groups excluding carboxylic acids is 1. The van der Waals surface area contributed by atoms with Crippen molar-refractivity contribution >= 4 is 17.3 Å². The van der Waals surface area contributed by atoms with Crippen LogP contribution in [0, 0.1) is 6.92 Å². The highest BCUT2D eigenvalue weighted by Crippen LogP contribution is 2.24. The number of carbonyl (C=O) groups is 1. The smallest absolute Gasteiger partial charge is 0.396 e. The molecule has 7 heteroatoms. The van der Waals surface area contributed by atoms with Crippen molar-refractivity contribution in [3.05, 3.63) is 17.1 Å². The van der Waals surface area contributed by atoms with Crippen LogP contribution < -0.4 is 0 Å². The van der Waals surface area contributed by atoms with E-state index in [-0.39, 0.29) is 18.4 Å². The van der Waals surface area contributed by atoms with E-state index in [1.807, 2.05) is 6.92 Å². The fourth-order valence-electron chi connectivity index (χ4n) is 1.06. The van der Waals surface area contributed by atoms with Crippen molar-refractivity contribution < 1.29 is 13.9 Å². The van der Waals surface area contributed by atoms with E-state index in [0.29, 0.717) is 0 Å². The quantitative estimate of drug-likeness (QED) is 0.758. The number of ether oxygens (including phenoxy) is 1. The molecular formula is C9H9N3O3S. The van der Waals surface area contributed by atoms with Crippen molar-refractivity contribution in [3.8, 4) is 10.8 Å². The second-order valence-corrected chi connectivity index (χ2v) is 4.11. The summed E-state index contributed by atoms with van der Waals surface area (Å²) in [5.74, 6) is -0.459. The Morgan fingerprint density at radius 1 is 1.56 bits per heavy atom. The molecule has 0 bridgehead atoms. The number of aromatic nitrogens is 3. The zero-order chi connectivity index (χ0) is 11.5. The maximum Gasteiger partial charge on any atom is 0.396 e. The fourth-order valence-corrected chi connectivity index (χ4v) is 1.76. The third-order valence-corrected chi connectivity index (χ3v) is 2.61. The van der Waals surface area contributed by atoms with Gasteiger partial charge in [0.1, 0.15) is 4.88 Å². The monoisotopic (exact) mass is 239 g/mol. The Morgan fingerprint density at radius 3 is 3.00 bits per heavy atom. The molecule has 0 radical (unpaired) electrons. The highest BCUT2D eigenvalue weighted by Gasteiger charge is 2.17. The lowest BCUT2D eigenvalue weighted by molar-refractivity contribution is 0.0481. The van der Waals surface area contributed by atoms with Crippen molar-refractivity contribution in [1.82, 2.24) is 15.2 Å². The van der Waals surface area contributed by atoms with Gasteiger partial charge in [0.05, 0.1) is 17.8 Å². The Morgan fingerprint density at radius 2 is 2.38 bits per heavy atom. The van der Waals surface area contributed by atoms with Crippen LogP contribution in [0.5, 0.6) is 0 Å². The predicted molar refractivity (Wildman–Crippen MR) is 56.1 cm³/mol. The second-order valence-electron chi connectivity index (χ2n) is 2.88. The van der Waals surface area contributed by atoms with E-state index in [1.54, 1.807) is 13.1 Å². The summed E-state index contributed by atoms with van der Waals surface area (Å²) in [6.07, 6.45) is 1.63. The number of hydrogen-bond donors (Lipinski definition) is 0. The first-order valence-electron chi connectivity index (χ1n) is 4.64. The molecule has 0 saturated carbocycles. The van der Waals surface area contributed by atoms with Gasteiger partial charge in [0, 0.05) is 0 Å². The Labute approximate surface area is 95.3 Å². The Balaban J connectivity index is 2.22. The van der Waals surface area contributed by atoms with Gasteiger partial charge in [-0.25, -0.2) is 9.78 Å². The predicted octanol–water partition coefficient (Wildman–Crippen LogP) is 1.68. The maximum absolute atomic E-state index is 11.3. The molecule has 0 aliphatic carbocycles. The number of nitrogens with zero attached hydrogens (tertiary/aromatic N) is 3. The van der Waals surface area contributed by atoms with Gasteiger partial charge in [0.15, 0.2) is 0 Å². The third kappa shape index (κ3) is 2.08. The molecule has 0 aliphatic rings. The topological polar surface area (TPSA) is 78.1 Å². The van der Waals surface area contributed by atoms with Crippen LogP contribution in [0.2, 0.25) is 0 Å². The molecular weight excluding hydrogens is 230 g/mol. The second kappa shape index (κ2) is 4.40. The molecule has 0 aliphatic heterocycles. The molecule has 0 spiro atoms. The SMILES string of the molecule is CCOC(=O)c1nnc(-c2cnc(C)s2)o1. The molecule has 0 N–H and O–H groups in total. The Kier molecular flexibility index (Phi) is 2.95. The highest BCUT2D eigenvalue weighted by molar-refractivity contribution is 7.14. The van der Waals surface area contributed by atoms with Crippen LogP contribution in [-0.4, -0.2) is 27.8 Å². The van der Waals surface area contributed by atoms with Crippen LogP contribution in [0.15, 0.2) is 10.6 Å². The zero-order valence-electron chi connectivity index (χ0n) is 8.76. The van der Waals surface area contributed by atoms with E-state index in [0.717, 1.165) is 9.88 Å². The number of thiazole rings is 1. The van der Waals surface area contributed by atoms with Gasteiger partial charge >= 0.3 is 11.9 Å².